The Morgan fingerprint density at radius 1 is 1.35 bits per heavy atom. The van der Waals surface area contributed by atoms with E-state index in [2.05, 4.69) is 9.72 Å². The van der Waals surface area contributed by atoms with Gasteiger partial charge in [0.05, 0.1) is 30.9 Å². The summed E-state index contributed by atoms with van der Waals surface area (Å²) >= 11 is 0. The molecule has 0 spiro atoms. The van der Waals surface area contributed by atoms with Crippen molar-refractivity contribution in [2.24, 2.45) is 0 Å². The molecule has 0 bridgehead atoms. The molecule has 3 N–H and O–H groups in total. The minimum absolute atomic E-state index is 0.109. The fourth-order valence-corrected chi connectivity index (χ4v) is 2.86. The van der Waals surface area contributed by atoms with Crippen molar-refractivity contribution in [3.05, 3.63) is 56.9 Å². The molecule has 3 atom stereocenters. The molecule has 2 heterocycles. The number of aromatic amines is 1. The van der Waals surface area contributed by atoms with Crippen LogP contribution in [-0.2, 0) is 9.47 Å². The first-order valence-corrected chi connectivity index (χ1v) is 7.93. The van der Waals surface area contributed by atoms with E-state index in [0.29, 0.717) is 11.1 Å². The van der Waals surface area contributed by atoms with Crippen LogP contribution in [0.1, 0.15) is 23.0 Å². The third-order valence-corrected chi connectivity index (χ3v) is 4.28. The van der Waals surface area contributed by atoms with Gasteiger partial charge in [0.1, 0.15) is 12.3 Å². The predicted molar refractivity (Wildman–Crippen MR) is 89.7 cm³/mol. The van der Waals surface area contributed by atoms with E-state index < -0.39 is 35.7 Å². The summed E-state index contributed by atoms with van der Waals surface area (Å²) in [5, 5.41) is 19.0. The largest absolute Gasteiger partial charge is 0.465 e. The van der Waals surface area contributed by atoms with Crippen molar-refractivity contribution in [2.75, 3.05) is 13.7 Å². The van der Waals surface area contributed by atoms with E-state index in [1.54, 1.807) is 12.1 Å². The molecule has 1 saturated heterocycles. The summed E-state index contributed by atoms with van der Waals surface area (Å²) in [5.41, 5.74) is -0.250. The van der Waals surface area contributed by atoms with E-state index >= 15 is 0 Å². The summed E-state index contributed by atoms with van der Waals surface area (Å²) in [5.74, 6) is -0.501. The van der Waals surface area contributed by atoms with Crippen molar-refractivity contribution in [3.8, 4) is 11.1 Å². The van der Waals surface area contributed by atoms with Gasteiger partial charge in [-0.05, 0) is 17.7 Å². The molecule has 0 amide bonds. The maximum atomic E-state index is 12.2. The number of nitrogens with one attached hydrogen (secondary N) is 1. The average molecular weight is 362 g/mol. The Kier molecular flexibility index (Phi) is 5.03. The first-order valence-electron chi connectivity index (χ1n) is 7.93. The third kappa shape index (κ3) is 3.32. The van der Waals surface area contributed by atoms with Gasteiger partial charge in [-0.3, -0.25) is 14.3 Å². The SMILES string of the molecule is COC(=O)c1ccc(-c2cn([C@H]3C[C@H](O)[C@@H](CO)O3)c(=O)[nH]c2=O)cc1. The van der Waals surface area contributed by atoms with Crippen LogP contribution in [0.4, 0.5) is 0 Å². The zero-order chi connectivity index (χ0) is 18.8. The summed E-state index contributed by atoms with van der Waals surface area (Å²) in [6.45, 7) is -0.377. The normalized spacial score (nSPS) is 22.3. The lowest BCUT2D eigenvalue weighted by molar-refractivity contribution is -0.0458. The van der Waals surface area contributed by atoms with Crippen LogP contribution in [0.3, 0.4) is 0 Å². The number of benzene rings is 1. The number of methoxy groups -OCH3 is 1. The van der Waals surface area contributed by atoms with Crippen molar-refractivity contribution in [1.82, 2.24) is 9.55 Å². The van der Waals surface area contributed by atoms with Crippen molar-refractivity contribution in [3.63, 3.8) is 0 Å². The summed E-state index contributed by atoms with van der Waals surface area (Å²) in [7, 11) is 1.27. The molecule has 138 valence electrons. The van der Waals surface area contributed by atoms with Crippen LogP contribution in [-0.4, -0.2) is 51.7 Å². The summed E-state index contributed by atoms with van der Waals surface area (Å²) in [6.07, 6.45) is -1.06. The molecule has 9 heteroatoms. The molecule has 1 aromatic heterocycles. The molecule has 3 rings (SSSR count). The van der Waals surface area contributed by atoms with Gasteiger partial charge in [-0.2, -0.15) is 0 Å². The first kappa shape index (κ1) is 18.1. The minimum Gasteiger partial charge on any atom is -0.465 e. The fraction of sp³-hybridized carbons (Fsp3) is 0.353. The average Bonchev–Trinajstić information content (AvgIpc) is 3.02. The Hall–Kier alpha value is -2.75. The van der Waals surface area contributed by atoms with E-state index in [1.165, 1.54) is 30.0 Å². The van der Waals surface area contributed by atoms with Gasteiger partial charge >= 0.3 is 11.7 Å². The van der Waals surface area contributed by atoms with Gasteiger partial charge in [-0.15, -0.1) is 0 Å². The Labute approximate surface area is 147 Å². The summed E-state index contributed by atoms with van der Waals surface area (Å²) < 4.78 is 11.3. The highest BCUT2D eigenvalue weighted by atomic mass is 16.5. The third-order valence-electron chi connectivity index (χ3n) is 4.28. The molecule has 0 aliphatic carbocycles. The number of carbonyl (C=O) groups excluding carboxylic acids is 1. The number of aliphatic hydroxyl groups excluding tert-OH is 2. The lowest BCUT2D eigenvalue weighted by Gasteiger charge is -2.15. The van der Waals surface area contributed by atoms with Gasteiger partial charge in [0, 0.05) is 12.6 Å². The number of ether oxygens (including phenoxy) is 2. The van der Waals surface area contributed by atoms with Gasteiger partial charge in [-0.1, -0.05) is 12.1 Å². The van der Waals surface area contributed by atoms with Crippen molar-refractivity contribution in [1.29, 1.82) is 0 Å². The molecule has 1 aliphatic rings. The van der Waals surface area contributed by atoms with E-state index in [-0.39, 0.29) is 18.6 Å². The van der Waals surface area contributed by atoms with E-state index in [0.717, 1.165) is 0 Å². The van der Waals surface area contributed by atoms with Crippen LogP contribution in [0.25, 0.3) is 11.1 Å². The highest BCUT2D eigenvalue weighted by Gasteiger charge is 2.35. The Balaban J connectivity index is 1.98. The monoisotopic (exact) mass is 362 g/mol. The van der Waals surface area contributed by atoms with Crippen LogP contribution in [0.5, 0.6) is 0 Å². The molecular formula is C17H18N2O7. The number of H-pyrrole nitrogens is 1. The van der Waals surface area contributed by atoms with Crippen LogP contribution in [0, 0.1) is 0 Å². The maximum absolute atomic E-state index is 12.2. The van der Waals surface area contributed by atoms with Gasteiger partial charge in [0.2, 0.25) is 0 Å². The molecule has 0 radical (unpaired) electrons. The van der Waals surface area contributed by atoms with Gasteiger partial charge in [-0.25, -0.2) is 9.59 Å². The number of carbonyl (C=O) groups is 1. The fourth-order valence-electron chi connectivity index (χ4n) is 2.86. The second-order valence-electron chi connectivity index (χ2n) is 5.89. The second kappa shape index (κ2) is 7.24. The number of nitrogens with zero attached hydrogens (tertiary/aromatic N) is 1. The van der Waals surface area contributed by atoms with Crippen LogP contribution < -0.4 is 11.2 Å². The van der Waals surface area contributed by atoms with Crippen LogP contribution in [0.15, 0.2) is 40.1 Å². The van der Waals surface area contributed by atoms with Crippen molar-refractivity contribution < 1.29 is 24.5 Å². The van der Waals surface area contributed by atoms with Gasteiger partial charge in [0.15, 0.2) is 0 Å². The number of aromatic nitrogens is 2. The number of hydrogen-bond acceptors (Lipinski definition) is 7. The second-order valence-corrected chi connectivity index (χ2v) is 5.89. The quantitative estimate of drug-likeness (QED) is 0.633. The van der Waals surface area contributed by atoms with Crippen molar-refractivity contribution >= 4 is 5.97 Å². The molecule has 0 saturated carbocycles. The Morgan fingerprint density at radius 3 is 2.62 bits per heavy atom. The Morgan fingerprint density at radius 2 is 2.04 bits per heavy atom. The summed E-state index contributed by atoms with van der Waals surface area (Å²) in [4.78, 5) is 38.0. The van der Waals surface area contributed by atoms with E-state index in [1.807, 2.05) is 0 Å². The molecule has 26 heavy (non-hydrogen) atoms. The van der Waals surface area contributed by atoms with E-state index in [9.17, 15) is 24.6 Å². The van der Waals surface area contributed by atoms with Crippen LogP contribution >= 0.6 is 0 Å². The molecule has 9 nitrogen and oxygen atoms in total. The van der Waals surface area contributed by atoms with Crippen LogP contribution in [0.2, 0.25) is 0 Å². The maximum Gasteiger partial charge on any atom is 0.337 e. The molecule has 1 aliphatic heterocycles. The first-order chi connectivity index (χ1) is 12.4. The lowest BCUT2D eigenvalue weighted by Crippen LogP contribution is -2.33. The van der Waals surface area contributed by atoms with Gasteiger partial charge < -0.3 is 19.7 Å². The highest BCUT2D eigenvalue weighted by Crippen LogP contribution is 2.28. The predicted octanol–water partition coefficient (Wildman–Crippen LogP) is -0.369. The zero-order valence-corrected chi connectivity index (χ0v) is 13.9. The smallest absolute Gasteiger partial charge is 0.337 e. The minimum atomic E-state index is -0.911. The molecule has 1 fully saturated rings. The molecular weight excluding hydrogens is 344 g/mol. The topological polar surface area (TPSA) is 131 Å². The Bertz CT molecular complexity index is 916. The van der Waals surface area contributed by atoms with Crippen molar-refractivity contribution in [2.45, 2.75) is 24.9 Å². The molecule has 1 aromatic carbocycles. The summed E-state index contributed by atoms with van der Waals surface area (Å²) in [6, 6.07) is 6.14. The standard InChI is InChI=1S/C17H18N2O7/c1-25-16(23)10-4-2-9(3-5-10)11-7-19(17(24)18-15(11)22)14-6-12(21)13(8-20)26-14/h2-5,7,12-14,20-21H,6,8H2,1H3,(H,18,22,24)/t12-,13+,14+/m0/s1. The zero-order valence-electron chi connectivity index (χ0n) is 13.9. The number of hydrogen-bond donors (Lipinski definition) is 3. The number of aliphatic hydroxyl groups is 2. The number of esters is 1. The van der Waals surface area contributed by atoms with E-state index in [4.69, 9.17) is 4.74 Å². The van der Waals surface area contributed by atoms with Gasteiger partial charge in [0.25, 0.3) is 5.56 Å². The highest BCUT2D eigenvalue weighted by molar-refractivity contribution is 5.89. The number of rotatable bonds is 4. The molecule has 2 aromatic rings. The molecule has 0 unspecified atom stereocenters. The lowest BCUT2D eigenvalue weighted by atomic mass is 10.1.